The molecule has 1 aliphatic heterocycles. The second-order valence-electron chi connectivity index (χ2n) is 4.52. The van der Waals surface area contributed by atoms with Crippen molar-refractivity contribution in [3.05, 3.63) is 33.3 Å². The predicted molar refractivity (Wildman–Crippen MR) is 75.5 cm³/mol. The van der Waals surface area contributed by atoms with Gasteiger partial charge in [0.25, 0.3) is 5.91 Å². The van der Waals surface area contributed by atoms with E-state index in [2.05, 4.69) is 15.9 Å². The fraction of sp³-hybridized carbons (Fsp3) is 0.385. The second kappa shape index (κ2) is 5.92. The van der Waals surface area contributed by atoms with Gasteiger partial charge in [-0.05, 0) is 31.0 Å². The molecule has 1 aromatic carbocycles. The summed E-state index contributed by atoms with van der Waals surface area (Å²) < 4.78 is 0.772. The molecule has 1 unspecified atom stereocenters. The number of hydrogen-bond donors (Lipinski definition) is 1. The van der Waals surface area contributed by atoms with Crippen molar-refractivity contribution >= 4 is 39.4 Å². The molecule has 0 aromatic heterocycles. The number of halogens is 2. The monoisotopic (exact) mass is 345 g/mol. The van der Waals surface area contributed by atoms with Gasteiger partial charge in [0.15, 0.2) is 0 Å². The fourth-order valence-electron chi connectivity index (χ4n) is 2.33. The molecule has 1 aliphatic rings. The molecule has 1 amide bonds. The van der Waals surface area contributed by atoms with Crippen molar-refractivity contribution in [3.63, 3.8) is 0 Å². The summed E-state index contributed by atoms with van der Waals surface area (Å²) in [6.07, 6.45) is 1.54. The highest BCUT2D eigenvalue weighted by Crippen LogP contribution is 2.27. The van der Waals surface area contributed by atoms with Crippen LogP contribution >= 0.6 is 27.5 Å². The third-order valence-corrected chi connectivity index (χ3v) is 4.03. The summed E-state index contributed by atoms with van der Waals surface area (Å²) in [5, 5.41) is 9.25. The van der Waals surface area contributed by atoms with Crippen LogP contribution in [0.3, 0.4) is 0 Å². The number of hydrogen-bond acceptors (Lipinski definition) is 2. The number of carbonyl (C=O) groups is 2. The predicted octanol–water partition coefficient (Wildman–Crippen LogP) is 3.18. The minimum atomic E-state index is -0.884. The fourth-order valence-corrected chi connectivity index (χ4v) is 2.89. The SMILES string of the molecule is O=C(O)CC1CCCN1C(=O)c1cc(Br)ccc1Cl. The van der Waals surface area contributed by atoms with Crippen LogP contribution in [0.2, 0.25) is 5.02 Å². The van der Waals surface area contributed by atoms with E-state index in [1.165, 1.54) is 0 Å². The maximum Gasteiger partial charge on any atom is 0.305 e. The molecule has 1 aromatic rings. The lowest BCUT2D eigenvalue weighted by atomic mass is 10.1. The van der Waals surface area contributed by atoms with Crippen molar-refractivity contribution in [2.45, 2.75) is 25.3 Å². The molecule has 1 atom stereocenters. The van der Waals surface area contributed by atoms with Gasteiger partial charge in [-0.15, -0.1) is 0 Å². The maximum absolute atomic E-state index is 12.4. The number of likely N-dealkylation sites (tertiary alicyclic amines) is 1. The Labute approximate surface area is 124 Å². The normalized spacial score (nSPS) is 18.6. The minimum absolute atomic E-state index is 0.0165. The number of rotatable bonds is 3. The number of aliphatic carboxylic acids is 1. The van der Waals surface area contributed by atoms with Crippen LogP contribution in [0.5, 0.6) is 0 Å². The van der Waals surface area contributed by atoms with Crippen LogP contribution in [-0.2, 0) is 4.79 Å². The molecule has 0 radical (unpaired) electrons. The van der Waals surface area contributed by atoms with E-state index in [0.29, 0.717) is 17.1 Å². The van der Waals surface area contributed by atoms with Crippen molar-refractivity contribution in [2.75, 3.05) is 6.54 Å². The molecule has 1 heterocycles. The van der Waals surface area contributed by atoms with Gasteiger partial charge in [-0.2, -0.15) is 0 Å². The highest BCUT2D eigenvalue weighted by molar-refractivity contribution is 9.10. The van der Waals surface area contributed by atoms with Crippen molar-refractivity contribution in [1.82, 2.24) is 4.90 Å². The van der Waals surface area contributed by atoms with E-state index in [-0.39, 0.29) is 18.4 Å². The summed E-state index contributed by atoms with van der Waals surface area (Å²) in [4.78, 5) is 24.9. The number of amides is 1. The molecular weight excluding hydrogens is 334 g/mol. The first-order chi connectivity index (χ1) is 8.99. The van der Waals surface area contributed by atoms with Gasteiger partial charge >= 0.3 is 5.97 Å². The van der Waals surface area contributed by atoms with Crippen LogP contribution in [-0.4, -0.2) is 34.5 Å². The first-order valence-corrected chi connectivity index (χ1v) is 7.14. The Hall–Kier alpha value is -1.07. The summed E-state index contributed by atoms with van der Waals surface area (Å²) in [6.45, 7) is 0.583. The van der Waals surface area contributed by atoms with Gasteiger partial charge < -0.3 is 10.0 Å². The van der Waals surface area contributed by atoms with E-state index < -0.39 is 5.97 Å². The van der Waals surface area contributed by atoms with E-state index in [0.717, 1.165) is 17.3 Å². The van der Waals surface area contributed by atoms with E-state index in [4.69, 9.17) is 16.7 Å². The molecule has 6 heteroatoms. The standard InChI is InChI=1S/C13H13BrClNO3/c14-8-3-4-11(15)10(6-8)13(19)16-5-1-2-9(16)7-12(17)18/h3-4,6,9H,1-2,5,7H2,(H,17,18). The molecule has 1 N–H and O–H groups in total. The molecule has 0 spiro atoms. The average Bonchev–Trinajstić information content (AvgIpc) is 2.78. The zero-order valence-electron chi connectivity index (χ0n) is 10.1. The molecule has 1 fully saturated rings. The van der Waals surface area contributed by atoms with Gasteiger partial charge in [-0.1, -0.05) is 27.5 Å². The van der Waals surface area contributed by atoms with Gasteiger partial charge in [0.1, 0.15) is 0 Å². The van der Waals surface area contributed by atoms with Crippen molar-refractivity contribution < 1.29 is 14.7 Å². The Balaban J connectivity index is 2.23. The summed E-state index contributed by atoms with van der Waals surface area (Å²) in [5.74, 6) is -1.08. The molecular formula is C13H13BrClNO3. The number of carboxylic acids is 1. The van der Waals surface area contributed by atoms with Crippen LogP contribution in [0.15, 0.2) is 22.7 Å². The Morgan fingerprint density at radius 3 is 2.89 bits per heavy atom. The van der Waals surface area contributed by atoms with Gasteiger partial charge in [0.2, 0.25) is 0 Å². The first kappa shape index (κ1) is 14.3. The van der Waals surface area contributed by atoms with Gasteiger partial charge in [-0.3, -0.25) is 9.59 Å². The van der Waals surface area contributed by atoms with Gasteiger partial charge in [0, 0.05) is 17.1 Å². The molecule has 0 saturated carbocycles. The van der Waals surface area contributed by atoms with Crippen molar-refractivity contribution in [1.29, 1.82) is 0 Å². The Bertz CT molecular complexity index is 521. The van der Waals surface area contributed by atoms with Crippen LogP contribution in [0.25, 0.3) is 0 Å². The zero-order chi connectivity index (χ0) is 14.0. The highest BCUT2D eigenvalue weighted by Gasteiger charge is 2.31. The second-order valence-corrected chi connectivity index (χ2v) is 5.84. The Kier molecular flexibility index (Phi) is 4.47. The van der Waals surface area contributed by atoms with Crippen molar-refractivity contribution in [2.24, 2.45) is 0 Å². The quantitative estimate of drug-likeness (QED) is 0.914. The third-order valence-electron chi connectivity index (χ3n) is 3.21. The Morgan fingerprint density at radius 2 is 2.21 bits per heavy atom. The van der Waals surface area contributed by atoms with E-state index in [9.17, 15) is 9.59 Å². The number of benzene rings is 1. The largest absolute Gasteiger partial charge is 0.481 e. The summed E-state index contributed by atoms with van der Waals surface area (Å²) >= 11 is 9.34. The van der Waals surface area contributed by atoms with Crippen LogP contribution in [0.4, 0.5) is 0 Å². The number of carbonyl (C=O) groups excluding carboxylic acids is 1. The lowest BCUT2D eigenvalue weighted by molar-refractivity contribution is -0.137. The summed E-state index contributed by atoms with van der Waals surface area (Å²) in [7, 11) is 0. The third kappa shape index (κ3) is 3.28. The van der Waals surface area contributed by atoms with E-state index in [1.807, 2.05) is 0 Å². The minimum Gasteiger partial charge on any atom is -0.481 e. The Morgan fingerprint density at radius 1 is 1.47 bits per heavy atom. The molecule has 102 valence electrons. The topological polar surface area (TPSA) is 57.6 Å². The zero-order valence-corrected chi connectivity index (χ0v) is 12.4. The molecule has 0 bridgehead atoms. The van der Waals surface area contributed by atoms with Gasteiger partial charge in [0.05, 0.1) is 17.0 Å². The molecule has 1 saturated heterocycles. The van der Waals surface area contributed by atoms with Crippen LogP contribution in [0, 0.1) is 0 Å². The molecule has 19 heavy (non-hydrogen) atoms. The van der Waals surface area contributed by atoms with E-state index in [1.54, 1.807) is 23.1 Å². The van der Waals surface area contributed by atoms with Gasteiger partial charge in [-0.25, -0.2) is 0 Å². The van der Waals surface area contributed by atoms with Crippen molar-refractivity contribution in [3.8, 4) is 0 Å². The molecule has 0 aliphatic carbocycles. The smallest absolute Gasteiger partial charge is 0.305 e. The maximum atomic E-state index is 12.4. The summed E-state index contributed by atoms with van der Waals surface area (Å²) in [5.41, 5.74) is 0.410. The molecule has 4 nitrogen and oxygen atoms in total. The molecule has 2 rings (SSSR count). The lowest BCUT2D eigenvalue weighted by Gasteiger charge is -2.24. The number of carboxylic acid groups (broad SMARTS) is 1. The lowest BCUT2D eigenvalue weighted by Crippen LogP contribution is -2.37. The average molecular weight is 347 g/mol. The van der Waals surface area contributed by atoms with Crippen LogP contribution < -0.4 is 0 Å². The van der Waals surface area contributed by atoms with E-state index >= 15 is 0 Å². The first-order valence-electron chi connectivity index (χ1n) is 5.97. The summed E-state index contributed by atoms with van der Waals surface area (Å²) in [6, 6.07) is 4.85. The number of nitrogens with zero attached hydrogens (tertiary/aromatic N) is 1. The highest BCUT2D eigenvalue weighted by atomic mass is 79.9. The van der Waals surface area contributed by atoms with Crippen LogP contribution in [0.1, 0.15) is 29.6 Å².